The normalized spacial score (nSPS) is 27.8. The average molecular weight is 644 g/mol. The largest absolute Gasteiger partial charge is 0.401 e. The molecule has 11 heteroatoms. The summed E-state index contributed by atoms with van der Waals surface area (Å²) >= 11 is 9.53. The molecule has 0 amide bonds. The highest BCUT2D eigenvalue weighted by atomic mass is 35.5. The monoisotopic (exact) mass is 642 g/mol. The van der Waals surface area contributed by atoms with Gasteiger partial charge < -0.3 is 38.7 Å². The number of terminal acetylenes is 2. The van der Waals surface area contributed by atoms with Crippen molar-refractivity contribution in [2.45, 2.75) is 161 Å². The summed E-state index contributed by atoms with van der Waals surface area (Å²) in [6.45, 7) is 21.7. The average Bonchev–Trinajstić information content (AvgIpc) is 3.36. The molecule has 3 N–H and O–H groups in total. The highest BCUT2D eigenvalue weighted by molar-refractivity contribution is 6.74. The first-order valence-electron chi connectivity index (χ1n) is 13.6. The first-order chi connectivity index (χ1) is 18.2. The van der Waals surface area contributed by atoms with Crippen LogP contribution in [0.5, 0.6) is 0 Å². The fraction of sp³-hybridized carbons (Fsp3) is 0.867. The number of aliphatic hydroxyl groups excluding tert-OH is 3. The maximum absolute atomic E-state index is 10.2. The van der Waals surface area contributed by atoms with Crippen molar-refractivity contribution >= 4 is 31.5 Å². The van der Waals surface area contributed by atoms with Gasteiger partial charge in [0.2, 0.25) is 0 Å². The number of aliphatic hydroxyl groups is 3. The molecule has 2 aliphatic rings. The van der Waals surface area contributed by atoms with Crippen molar-refractivity contribution < 1.29 is 38.7 Å². The van der Waals surface area contributed by atoms with E-state index in [1.165, 1.54) is 0 Å². The lowest BCUT2D eigenvalue weighted by molar-refractivity contribution is -0.158. The molecule has 2 aliphatic heterocycles. The Morgan fingerprint density at radius 3 is 1.46 bits per heavy atom. The zero-order valence-electron chi connectivity index (χ0n) is 26.0. The second-order valence-corrected chi connectivity index (χ2v) is 17.8. The summed E-state index contributed by atoms with van der Waals surface area (Å²) in [4.78, 5) is 0. The number of ether oxygens (including phenoxy) is 4. The zero-order valence-corrected chi connectivity index (χ0v) is 28.5. The Labute approximate surface area is 260 Å². The molecule has 2 fully saturated rings. The summed E-state index contributed by atoms with van der Waals surface area (Å²) in [6.07, 6.45) is 6.92. The number of hydrogen-bond acceptors (Lipinski definition) is 8. The molecule has 0 aromatic rings. The van der Waals surface area contributed by atoms with Crippen LogP contribution < -0.4 is 0 Å². The van der Waals surface area contributed by atoms with Crippen LogP contribution in [0, 0.1) is 24.7 Å². The predicted molar refractivity (Wildman–Crippen MR) is 169 cm³/mol. The molecule has 0 aromatic heterocycles. The van der Waals surface area contributed by atoms with Gasteiger partial charge in [-0.05, 0) is 58.7 Å². The van der Waals surface area contributed by atoms with Crippen LogP contribution in [0.2, 0.25) is 18.1 Å². The Hall–Kier alpha value is -0.403. The van der Waals surface area contributed by atoms with Gasteiger partial charge >= 0.3 is 0 Å². The molecule has 2 saturated heterocycles. The van der Waals surface area contributed by atoms with Crippen molar-refractivity contribution in [3.8, 4) is 24.7 Å². The SMILES string of the molecule is C.C#C[C@H](O)[C@@H]1OC(C)(C)O[C@@H]1[C@H](O)CC.C#C[C@H](O[Si](C)(C)C(C)(C)C)[C@@H]1OC(C)(C)O[C@@H]1[C@H](O)CC.ClCCl. The molecule has 0 radical (unpaired) electrons. The molecule has 2 rings (SSSR count). The number of hydrogen-bond donors (Lipinski definition) is 3. The lowest BCUT2D eigenvalue weighted by Crippen LogP contribution is -2.50. The van der Waals surface area contributed by atoms with Crippen LogP contribution in [-0.2, 0) is 23.4 Å². The maximum atomic E-state index is 10.2. The van der Waals surface area contributed by atoms with Crippen LogP contribution >= 0.6 is 23.2 Å². The molecular weight excluding hydrogens is 587 g/mol. The minimum Gasteiger partial charge on any atom is -0.401 e. The van der Waals surface area contributed by atoms with E-state index in [1.807, 2.05) is 27.7 Å². The van der Waals surface area contributed by atoms with Crippen LogP contribution in [0.1, 0.15) is 82.6 Å². The molecule has 2 heterocycles. The highest BCUT2D eigenvalue weighted by Gasteiger charge is 2.50. The van der Waals surface area contributed by atoms with Gasteiger partial charge in [0, 0.05) is 0 Å². The third-order valence-corrected chi connectivity index (χ3v) is 11.6. The fourth-order valence-electron chi connectivity index (χ4n) is 3.96. The molecule has 242 valence electrons. The summed E-state index contributed by atoms with van der Waals surface area (Å²) < 4.78 is 29.1. The van der Waals surface area contributed by atoms with Crippen molar-refractivity contribution in [2.75, 3.05) is 5.34 Å². The van der Waals surface area contributed by atoms with Gasteiger partial charge in [0.15, 0.2) is 19.9 Å². The molecule has 0 bridgehead atoms. The molecule has 0 aliphatic carbocycles. The second kappa shape index (κ2) is 17.8. The summed E-state index contributed by atoms with van der Waals surface area (Å²) in [6, 6.07) is 0. The first-order valence-corrected chi connectivity index (χ1v) is 17.6. The van der Waals surface area contributed by atoms with Crippen molar-refractivity contribution in [3.63, 3.8) is 0 Å². The summed E-state index contributed by atoms with van der Waals surface area (Å²) in [5, 5.41) is 29.8. The van der Waals surface area contributed by atoms with Gasteiger partial charge in [-0.15, -0.1) is 36.0 Å². The van der Waals surface area contributed by atoms with Crippen molar-refractivity contribution in [1.82, 2.24) is 0 Å². The van der Waals surface area contributed by atoms with E-state index < -0.39 is 68.7 Å². The minimum absolute atomic E-state index is 0. The standard InChI is InChI=1S/C17H32O4Si.C11H18O4.CH2Cl2.CH4/c1-10-12(18)14-15(20-17(6,7)19-14)13(11-2)21-22(8,9)16(3,4)5;1-5-7(12)9-10(8(13)6-2)15-11(3,4)14-9;2-1-3;/h2,12-15,18H,10H2,1,3-9H3;1,7-10,12-13H,6H2,2-4H3;1H2;1H4/t12-,13+,14-,15+;7-,8+,9-,10+;;/m10../s1. The summed E-state index contributed by atoms with van der Waals surface area (Å²) in [7, 11) is -2.04. The lowest BCUT2D eigenvalue weighted by Gasteiger charge is -2.39. The molecule has 8 atom stereocenters. The van der Waals surface area contributed by atoms with Gasteiger partial charge in [0.25, 0.3) is 0 Å². The number of halogens is 2. The van der Waals surface area contributed by atoms with E-state index in [-0.39, 0.29) is 17.8 Å². The van der Waals surface area contributed by atoms with Gasteiger partial charge in [-0.3, -0.25) is 0 Å². The molecule has 0 saturated carbocycles. The topological polar surface area (TPSA) is 107 Å². The Morgan fingerprint density at radius 2 is 1.15 bits per heavy atom. The van der Waals surface area contributed by atoms with E-state index in [0.29, 0.717) is 12.8 Å². The van der Waals surface area contributed by atoms with E-state index >= 15 is 0 Å². The van der Waals surface area contributed by atoms with Crippen LogP contribution in [-0.4, -0.2) is 89.4 Å². The fourth-order valence-corrected chi connectivity index (χ4v) is 5.15. The molecule has 41 heavy (non-hydrogen) atoms. The Morgan fingerprint density at radius 1 is 0.805 bits per heavy atom. The number of rotatable bonds is 8. The van der Waals surface area contributed by atoms with E-state index in [9.17, 15) is 15.3 Å². The van der Waals surface area contributed by atoms with Crippen molar-refractivity contribution in [2.24, 2.45) is 0 Å². The zero-order chi connectivity index (χ0) is 31.7. The van der Waals surface area contributed by atoms with E-state index in [2.05, 4.69) is 45.7 Å². The maximum Gasteiger partial charge on any atom is 0.193 e. The van der Waals surface area contributed by atoms with Gasteiger partial charge in [0.1, 0.15) is 36.6 Å². The van der Waals surface area contributed by atoms with Gasteiger partial charge in [-0.25, -0.2) is 0 Å². The minimum atomic E-state index is -2.04. The van der Waals surface area contributed by atoms with Gasteiger partial charge in [-0.1, -0.05) is 53.9 Å². The molecule has 0 unspecified atom stereocenters. The van der Waals surface area contributed by atoms with Crippen LogP contribution in [0.25, 0.3) is 0 Å². The number of alkyl halides is 2. The molecule has 0 spiro atoms. The molecule has 8 nitrogen and oxygen atoms in total. The van der Waals surface area contributed by atoms with Crippen LogP contribution in [0.4, 0.5) is 0 Å². The van der Waals surface area contributed by atoms with E-state index in [0.717, 1.165) is 0 Å². The quantitative estimate of drug-likeness (QED) is 0.178. The van der Waals surface area contributed by atoms with Crippen molar-refractivity contribution in [3.05, 3.63) is 0 Å². The van der Waals surface area contributed by atoms with Crippen LogP contribution in [0.3, 0.4) is 0 Å². The van der Waals surface area contributed by atoms with Gasteiger partial charge in [-0.2, -0.15) is 0 Å². The Bertz CT molecular complexity index is 834. The molecule has 0 aromatic carbocycles. The third kappa shape index (κ3) is 13.0. The van der Waals surface area contributed by atoms with Crippen molar-refractivity contribution in [1.29, 1.82) is 0 Å². The second-order valence-electron chi connectivity index (χ2n) is 12.3. The first kappa shape index (κ1) is 42.7. The Balaban J connectivity index is 0. The molecular formula is C30H56Cl2O8Si. The Kier molecular flexibility index (Phi) is 18.5. The van der Waals surface area contributed by atoms with Gasteiger partial charge in [0.05, 0.1) is 17.5 Å². The van der Waals surface area contributed by atoms with Crippen LogP contribution in [0.15, 0.2) is 0 Å². The predicted octanol–water partition coefficient (Wildman–Crippen LogP) is 5.63. The summed E-state index contributed by atoms with van der Waals surface area (Å²) in [5.74, 6) is 3.33. The lowest BCUT2D eigenvalue weighted by atomic mass is 10.0. The smallest absolute Gasteiger partial charge is 0.193 e. The third-order valence-electron chi connectivity index (χ3n) is 7.09. The summed E-state index contributed by atoms with van der Waals surface area (Å²) in [5.41, 5.74) is 0. The van der Waals surface area contributed by atoms with E-state index in [4.69, 9.17) is 59.4 Å². The van der Waals surface area contributed by atoms with E-state index in [1.54, 1.807) is 13.8 Å². The highest BCUT2D eigenvalue weighted by Crippen LogP contribution is 2.40.